The van der Waals surface area contributed by atoms with Crippen LogP contribution in [0.4, 0.5) is 0 Å². The van der Waals surface area contributed by atoms with Crippen molar-refractivity contribution < 1.29 is 14.3 Å². The smallest absolute Gasteiger partial charge is 0.236 e. The molecule has 0 saturated carbocycles. The predicted molar refractivity (Wildman–Crippen MR) is 125 cm³/mol. The van der Waals surface area contributed by atoms with Gasteiger partial charge < -0.3 is 18.9 Å². The zero-order valence-electron chi connectivity index (χ0n) is 19.0. The van der Waals surface area contributed by atoms with E-state index in [2.05, 4.69) is 34.7 Å². The summed E-state index contributed by atoms with van der Waals surface area (Å²) in [7, 11) is 3.49. The largest absolute Gasteiger partial charge is 0.493 e. The fourth-order valence-corrected chi connectivity index (χ4v) is 4.16. The van der Waals surface area contributed by atoms with E-state index in [9.17, 15) is 4.79 Å². The highest BCUT2D eigenvalue weighted by Gasteiger charge is 2.26. The quantitative estimate of drug-likeness (QED) is 0.536. The number of amides is 1. The van der Waals surface area contributed by atoms with Gasteiger partial charge >= 0.3 is 0 Å². The predicted octanol–water partition coefficient (Wildman–Crippen LogP) is 4.11. The van der Waals surface area contributed by atoms with Gasteiger partial charge in [0.25, 0.3) is 0 Å². The molecule has 1 aliphatic rings. The van der Waals surface area contributed by atoms with Crippen molar-refractivity contribution in [3.63, 3.8) is 0 Å². The molecule has 1 aliphatic heterocycles. The number of hydrogen-bond acceptors (Lipinski definition) is 4. The second kappa shape index (κ2) is 9.92. The first-order valence-corrected chi connectivity index (χ1v) is 11.0. The summed E-state index contributed by atoms with van der Waals surface area (Å²) in [6.07, 6.45) is 2.11. The van der Waals surface area contributed by atoms with E-state index in [4.69, 9.17) is 9.47 Å². The van der Waals surface area contributed by atoms with E-state index < -0.39 is 0 Å². The second-order valence-corrected chi connectivity index (χ2v) is 8.28. The maximum atomic E-state index is 12.9. The molecule has 1 aromatic heterocycles. The zero-order valence-corrected chi connectivity index (χ0v) is 19.0. The minimum absolute atomic E-state index is 0.111. The molecule has 0 bridgehead atoms. The molecule has 1 unspecified atom stereocenters. The van der Waals surface area contributed by atoms with Gasteiger partial charge in [-0.05, 0) is 42.3 Å². The van der Waals surface area contributed by atoms with Gasteiger partial charge in [-0.25, -0.2) is 0 Å². The lowest BCUT2D eigenvalue weighted by Crippen LogP contribution is -2.43. The SMILES string of the molecule is COc1cc(CN(C)C(=O)CN2CCn3cccc3C2C)ccc1OCc1ccccc1. The third kappa shape index (κ3) is 4.97. The Bertz CT molecular complexity index is 1050. The minimum atomic E-state index is 0.111. The maximum absolute atomic E-state index is 12.9. The van der Waals surface area contributed by atoms with E-state index in [0.717, 1.165) is 24.2 Å². The van der Waals surface area contributed by atoms with Crippen molar-refractivity contribution in [3.05, 3.63) is 83.7 Å². The zero-order chi connectivity index (χ0) is 22.5. The van der Waals surface area contributed by atoms with Crippen LogP contribution in [0, 0.1) is 0 Å². The topological polar surface area (TPSA) is 46.9 Å². The van der Waals surface area contributed by atoms with Crippen LogP contribution in [-0.2, 0) is 24.5 Å². The fraction of sp³-hybridized carbons (Fsp3) is 0.346. The van der Waals surface area contributed by atoms with E-state index >= 15 is 0 Å². The third-order valence-corrected chi connectivity index (χ3v) is 6.12. The Morgan fingerprint density at radius 3 is 2.62 bits per heavy atom. The summed E-state index contributed by atoms with van der Waals surface area (Å²) < 4.78 is 13.7. The lowest BCUT2D eigenvalue weighted by Gasteiger charge is -2.35. The Hall–Kier alpha value is -3.25. The maximum Gasteiger partial charge on any atom is 0.236 e. The van der Waals surface area contributed by atoms with Gasteiger partial charge in [-0.2, -0.15) is 0 Å². The first-order valence-electron chi connectivity index (χ1n) is 11.0. The van der Waals surface area contributed by atoms with E-state index in [1.807, 2.05) is 55.6 Å². The van der Waals surface area contributed by atoms with Crippen LogP contribution in [0.25, 0.3) is 0 Å². The Kier molecular flexibility index (Phi) is 6.81. The van der Waals surface area contributed by atoms with Gasteiger partial charge in [0.05, 0.1) is 13.7 Å². The van der Waals surface area contributed by atoms with Crippen molar-refractivity contribution in [2.24, 2.45) is 0 Å². The lowest BCUT2D eigenvalue weighted by atomic mass is 10.1. The molecule has 0 aliphatic carbocycles. The number of carbonyl (C=O) groups excluding carboxylic acids is 1. The lowest BCUT2D eigenvalue weighted by molar-refractivity contribution is -0.132. The average molecular weight is 434 g/mol. The number of ether oxygens (including phenoxy) is 2. The van der Waals surface area contributed by atoms with Crippen LogP contribution < -0.4 is 9.47 Å². The van der Waals surface area contributed by atoms with Gasteiger partial charge in [0.15, 0.2) is 11.5 Å². The third-order valence-electron chi connectivity index (χ3n) is 6.12. The number of methoxy groups -OCH3 is 1. The highest BCUT2D eigenvalue weighted by molar-refractivity contribution is 5.78. The number of aromatic nitrogens is 1. The first kappa shape index (κ1) is 22.0. The normalized spacial score (nSPS) is 15.8. The van der Waals surface area contributed by atoms with Crippen molar-refractivity contribution in [3.8, 4) is 11.5 Å². The van der Waals surface area contributed by atoms with Crippen molar-refractivity contribution in [1.29, 1.82) is 0 Å². The minimum Gasteiger partial charge on any atom is -0.493 e. The summed E-state index contributed by atoms with van der Waals surface area (Å²) in [6, 6.07) is 20.3. The van der Waals surface area contributed by atoms with Gasteiger partial charge in [-0.15, -0.1) is 0 Å². The van der Waals surface area contributed by atoms with Gasteiger partial charge in [0.2, 0.25) is 5.91 Å². The summed E-state index contributed by atoms with van der Waals surface area (Å²) in [5, 5.41) is 0. The van der Waals surface area contributed by atoms with Crippen molar-refractivity contribution in [2.75, 3.05) is 27.2 Å². The molecule has 0 saturated heterocycles. The summed E-state index contributed by atoms with van der Waals surface area (Å²) >= 11 is 0. The number of carbonyl (C=O) groups is 1. The van der Waals surface area contributed by atoms with E-state index in [-0.39, 0.29) is 11.9 Å². The Labute approximate surface area is 190 Å². The Morgan fingerprint density at radius 2 is 1.84 bits per heavy atom. The van der Waals surface area contributed by atoms with Crippen LogP contribution >= 0.6 is 0 Å². The molecule has 2 aromatic carbocycles. The van der Waals surface area contributed by atoms with Gasteiger partial charge in [-0.3, -0.25) is 9.69 Å². The standard InChI is InChI=1S/C26H31N3O3/c1-20-23-10-7-13-28(23)14-15-29(20)18-26(30)27(2)17-22-11-12-24(25(16-22)31-3)32-19-21-8-5-4-6-9-21/h4-13,16,20H,14-15,17-19H2,1-3H3. The first-order chi connectivity index (χ1) is 15.5. The Balaban J connectivity index is 1.35. The molecular weight excluding hydrogens is 402 g/mol. The molecule has 0 spiro atoms. The number of hydrogen-bond donors (Lipinski definition) is 0. The van der Waals surface area contributed by atoms with Crippen molar-refractivity contribution >= 4 is 5.91 Å². The van der Waals surface area contributed by atoms with E-state index in [0.29, 0.717) is 31.2 Å². The van der Waals surface area contributed by atoms with E-state index in [1.54, 1.807) is 12.0 Å². The molecule has 6 nitrogen and oxygen atoms in total. The number of benzene rings is 2. The van der Waals surface area contributed by atoms with Crippen LogP contribution in [0.5, 0.6) is 11.5 Å². The average Bonchev–Trinajstić information content (AvgIpc) is 3.30. The molecular formula is C26H31N3O3. The van der Waals surface area contributed by atoms with Gasteiger partial charge in [0.1, 0.15) is 6.61 Å². The number of likely N-dealkylation sites (N-methyl/N-ethyl adjacent to an activating group) is 1. The molecule has 0 radical (unpaired) electrons. The fourth-order valence-electron chi connectivity index (χ4n) is 4.16. The molecule has 3 aromatic rings. The van der Waals surface area contributed by atoms with Gasteiger partial charge in [-0.1, -0.05) is 36.4 Å². The molecule has 1 atom stereocenters. The van der Waals surface area contributed by atoms with Crippen LogP contribution in [0.3, 0.4) is 0 Å². The van der Waals surface area contributed by atoms with Crippen LogP contribution in [0.1, 0.15) is 29.8 Å². The summed E-state index contributed by atoms with van der Waals surface area (Å²) in [5.41, 5.74) is 3.37. The summed E-state index contributed by atoms with van der Waals surface area (Å²) in [4.78, 5) is 16.9. The van der Waals surface area contributed by atoms with Gasteiger partial charge in [0, 0.05) is 44.6 Å². The molecule has 1 amide bonds. The summed E-state index contributed by atoms with van der Waals surface area (Å²) in [6.45, 7) is 5.38. The van der Waals surface area contributed by atoms with Crippen LogP contribution in [0.15, 0.2) is 66.9 Å². The highest BCUT2D eigenvalue weighted by Crippen LogP contribution is 2.29. The number of rotatable bonds is 8. The van der Waals surface area contributed by atoms with Crippen LogP contribution in [0.2, 0.25) is 0 Å². The number of fused-ring (bicyclic) bond motifs is 1. The Morgan fingerprint density at radius 1 is 1.03 bits per heavy atom. The molecule has 2 heterocycles. The van der Waals surface area contributed by atoms with Crippen molar-refractivity contribution in [1.82, 2.24) is 14.4 Å². The molecule has 0 fully saturated rings. The van der Waals surface area contributed by atoms with E-state index in [1.165, 1.54) is 5.69 Å². The molecule has 4 rings (SSSR count). The molecule has 32 heavy (non-hydrogen) atoms. The molecule has 6 heteroatoms. The second-order valence-electron chi connectivity index (χ2n) is 8.28. The highest BCUT2D eigenvalue weighted by atomic mass is 16.5. The summed E-state index contributed by atoms with van der Waals surface area (Å²) in [5.74, 6) is 1.48. The molecule has 168 valence electrons. The number of nitrogens with zero attached hydrogens (tertiary/aromatic N) is 3. The molecule has 0 N–H and O–H groups in total. The van der Waals surface area contributed by atoms with Crippen LogP contribution in [-0.4, -0.2) is 47.5 Å². The monoisotopic (exact) mass is 433 g/mol. The van der Waals surface area contributed by atoms with Crippen molar-refractivity contribution in [2.45, 2.75) is 32.7 Å².